The molecule has 0 spiro atoms. The highest BCUT2D eigenvalue weighted by molar-refractivity contribution is 5.96. The molecule has 1 saturated carbocycles. The fraction of sp³-hybridized carbons (Fsp3) is 0.865. The van der Waals surface area contributed by atoms with E-state index in [1.165, 1.54) is 0 Å². The van der Waals surface area contributed by atoms with Crippen molar-refractivity contribution >= 4 is 29.5 Å². The molecule has 0 aromatic carbocycles. The topological polar surface area (TPSA) is 204 Å². The Hall–Kier alpha value is -2.81. The van der Waals surface area contributed by atoms with Crippen LogP contribution in [0.2, 0.25) is 0 Å². The Kier molecular flexibility index (Phi) is 21.2. The Bertz CT molecular complexity index is 1070. The molecule has 2 aliphatic rings. The number of nitrogens with zero attached hydrogens (tertiary/aromatic N) is 2. The van der Waals surface area contributed by atoms with E-state index < -0.39 is 42.0 Å². The lowest BCUT2D eigenvalue weighted by molar-refractivity contribution is -0.145. The minimum absolute atomic E-state index is 0.129. The molecule has 14 nitrogen and oxygen atoms in total. The lowest BCUT2D eigenvalue weighted by atomic mass is 9.83. The van der Waals surface area contributed by atoms with E-state index in [2.05, 4.69) is 45.3 Å². The second-order valence-corrected chi connectivity index (χ2v) is 14.6. The van der Waals surface area contributed by atoms with Gasteiger partial charge in [0.25, 0.3) is 0 Å². The van der Waals surface area contributed by atoms with Crippen molar-refractivity contribution in [2.45, 2.75) is 154 Å². The maximum absolute atomic E-state index is 14.6. The second kappa shape index (κ2) is 24.4. The van der Waals surface area contributed by atoms with Gasteiger partial charge in [0.1, 0.15) is 24.2 Å². The molecular weight excluding hydrogens is 650 g/mol. The summed E-state index contributed by atoms with van der Waals surface area (Å²) in [4.78, 5) is 74.0. The molecule has 0 bridgehead atoms. The molecule has 0 unspecified atom stereocenters. The minimum atomic E-state index is -1.12. The van der Waals surface area contributed by atoms with Crippen molar-refractivity contribution in [1.29, 1.82) is 0 Å². The van der Waals surface area contributed by atoms with E-state index in [0.29, 0.717) is 45.4 Å². The molecule has 51 heavy (non-hydrogen) atoms. The third-order valence-corrected chi connectivity index (χ3v) is 10.3. The number of carbonyl (C=O) groups excluding carboxylic acids is 5. The molecule has 2 fully saturated rings. The molecule has 0 radical (unpaired) electrons. The zero-order valence-electron chi connectivity index (χ0n) is 32.3. The van der Waals surface area contributed by atoms with Crippen LogP contribution in [0.1, 0.15) is 118 Å². The van der Waals surface area contributed by atoms with E-state index in [1.807, 2.05) is 13.8 Å². The van der Waals surface area contributed by atoms with Crippen molar-refractivity contribution in [3.05, 3.63) is 0 Å². The number of carbonyl (C=O) groups is 5. The second-order valence-electron chi connectivity index (χ2n) is 14.6. The molecule has 14 heteroatoms. The molecular formula is C37H71N9O5. The van der Waals surface area contributed by atoms with Crippen LogP contribution in [0.5, 0.6) is 0 Å². The van der Waals surface area contributed by atoms with Gasteiger partial charge in [0, 0.05) is 32.7 Å². The first-order chi connectivity index (χ1) is 24.5. The number of hydrogen-bond donors (Lipinski definition) is 7. The van der Waals surface area contributed by atoms with Gasteiger partial charge in [-0.3, -0.25) is 28.9 Å². The number of likely N-dealkylation sites (N-methyl/N-ethyl adjacent to an activating group) is 1. The van der Waals surface area contributed by atoms with Crippen LogP contribution in [0.25, 0.3) is 0 Å². The van der Waals surface area contributed by atoms with Gasteiger partial charge in [-0.1, -0.05) is 72.1 Å². The third-order valence-electron chi connectivity index (χ3n) is 10.3. The molecule has 1 heterocycles. The average molecular weight is 722 g/mol. The average Bonchev–Trinajstić information content (AvgIpc) is 3.12. The standard InChI is InChI=1S/C37H71N9O5/c1-6-9-18-30-35(49)44-32(27-16-13-12-14-17-27)36(50)42-28(23-39)33(47)43-29(24-40-21-15-20-38)34(48)41-26(4)25-46(22-11-8-3)31(19-10-7-2)37(51)45(30)5/h26-32,40H,6-25,38-39H2,1-5H3,(H,41,48)(H,42,50)(H,43,47)(H,44,49)/t26-,28+,29+,30+,31+,32+/m1/s1. The minimum Gasteiger partial charge on any atom is -0.351 e. The highest BCUT2D eigenvalue weighted by Crippen LogP contribution is 2.27. The van der Waals surface area contributed by atoms with Crippen LogP contribution in [0.4, 0.5) is 0 Å². The van der Waals surface area contributed by atoms with E-state index in [1.54, 1.807) is 11.9 Å². The van der Waals surface area contributed by atoms with Gasteiger partial charge in [0.15, 0.2) is 0 Å². The maximum Gasteiger partial charge on any atom is 0.244 e. The smallest absolute Gasteiger partial charge is 0.244 e. The van der Waals surface area contributed by atoms with Crippen LogP contribution in [-0.4, -0.2) is 122 Å². The van der Waals surface area contributed by atoms with Gasteiger partial charge < -0.3 is 43.0 Å². The Morgan fingerprint density at radius 3 is 1.94 bits per heavy atom. The van der Waals surface area contributed by atoms with E-state index in [-0.39, 0.29) is 42.8 Å². The molecule has 1 aliphatic heterocycles. The van der Waals surface area contributed by atoms with Gasteiger partial charge in [-0.2, -0.15) is 0 Å². The molecule has 6 atom stereocenters. The van der Waals surface area contributed by atoms with Gasteiger partial charge in [0.2, 0.25) is 29.5 Å². The predicted molar refractivity (Wildman–Crippen MR) is 201 cm³/mol. The van der Waals surface area contributed by atoms with Gasteiger partial charge >= 0.3 is 0 Å². The summed E-state index contributed by atoms with van der Waals surface area (Å²) < 4.78 is 0. The number of nitrogens with one attached hydrogen (secondary N) is 5. The van der Waals surface area contributed by atoms with Gasteiger partial charge in [-0.25, -0.2) is 0 Å². The molecule has 1 saturated heterocycles. The van der Waals surface area contributed by atoms with E-state index in [0.717, 1.165) is 70.6 Å². The van der Waals surface area contributed by atoms with Crippen molar-refractivity contribution in [3.63, 3.8) is 0 Å². The van der Waals surface area contributed by atoms with Crippen molar-refractivity contribution < 1.29 is 24.0 Å². The van der Waals surface area contributed by atoms with Crippen LogP contribution in [0.3, 0.4) is 0 Å². The summed E-state index contributed by atoms with van der Waals surface area (Å²) >= 11 is 0. The Labute approximate surface area is 307 Å². The number of unbranched alkanes of at least 4 members (excludes halogenated alkanes) is 3. The van der Waals surface area contributed by atoms with Crippen LogP contribution in [-0.2, 0) is 24.0 Å². The quantitative estimate of drug-likeness (QED) is 0.114. The zero-order valence-corrected chi connectivity index (χ0v) is 32.3. The molecule has 294 valence electrons. The van der Waals surface area contributed by atoms with Crippen molar-refractivity contribution in [1.82, 2.24) is 36.4 Å². The van der Waals surface area contributed by atoms with Crippen LogP contribution in [0, 0.1) is 5.92 Å². The van der Waals surface area contributed by atoms with E-state index in [9.17, 15) is 24.0 Å². The summed E-state index contributed by atoms with van der Waals surface area (Å²) in [5.74, 6) is -2.08. The third kappa shape index (κ3) is 14.6. The highest BCUT2D eigenvalue weighted by Gasteiger charge is 2.39. The van der Waals surface area contributed by atoms with Crippen LogP contribution >= 0.6 is 0 Å². The summed E-state index contributed by atoms with van der Waals surface area (Å²) in [5, 5.41) is 14.9. The fourth-order valence-corrected chi connectivity index (χ4v) is 7.19. The van der Waals surface area contributed by atoms with Gasteiger partial charge in [-0.15, -0.1) is 0 Å². The number of rotatable bonds is 16. The first kappa shape index (κ1) is 44.4. The summed E-state index contributed by atoms with van der Waals surface area (Å²) in [5.41, 5.74) is 11.7. The molecule has 0 aromatic rings. The highest BCUT2D eigenvalue weighted by atomic mass is 16.2. The van der Waals surface area contributed by atoms with Crippen molar-refractivity contribution in [3.8, 4) is 0 Å². The first-order valence-electron chi connectivity index (χ1n) is 19.9. The lowest BCUT2D eigenvalue weighted by Gasteiger charge is -2.38. The van der Waals surface area contributed by atoms with E-state index in [4.69, 9.17) is 11.5 Å². The number of hydrogen-bond acceptors (Lipinski definition) is 9. The fourth-order valence-electron chi connectivity index (χ4n) is 7.19. The Morgan fingerprint density at radius 1 is 0.725 bits per heavy atom. The molecule has 1 aliphatic carbocycles. The SMILES string of the molecule is CCCC[C@H]1C(=O)N(C)[C@@H](CCCC)C(=O)N[C@@H](C2CCCCC2)C(=O)N[C@@H](CN)C(=O)N[C@@H](CNCCCN)C(=O)N[C@H](C)CN1CCCC. The van der Waals surface area contributed by atoms with Crippen LogP contribution < -0.4 is 38.1 Å². The summed E-state index contributed by atoms with van der Waals surface area (Å²) in [6.45, 7) is 10.2. The number of nitrogens with two attached hydrogens (primary N) is 2. The summed E-state index contributed by atoms with van der Waals surface area (Å²) in [7, 11) is 1.70. The molecule has 2 rings (SSSR count). The summed E-state index contributed by atoms with van der Waals surface area (Å²) in [6.07, 6.45) is 11.3. The van der Waals surface area contributed by atoms with Gasteiger partial charge in [0.05, 0.1) is 6.04 Å². The predicted octanol–water partition coefficient (Wildman–Crippen LogP) is 1.11. The monoisotopic (exact) mass is 722 g/mol. The number of amides is 5. The van der Waals surface area contributed by atoms with Crippen molar-refractivity contribution in [2.24, 2.45) is 17.4 Å². The Balaban J connectivity index is 2.63. The normalized spacial score (nSPS) is 27.3. The molecule has 0 aromatic heterocycles. The maximum atomic E-state index is 14.6. The largest absolute Gasteiger partial charge is 0.351 e. The lowest BCUT2D eigenvalue weighted by Crippen LogP contribution is -2.63. The summed E-state index contributed by atoms with van der Waals surface area (Å²) in [6, 6.07) is -4.61. The Morgan fingerprint density at radius 2 is 1.33 bits per heavy atom. The molecule has 9 N–H and O–H groups in total. The molecule has 5 amide bonds. The van der Waals surface area contributed by atoms with E-state index >= 15 is 0 Å². The van der Waals surface area contributed by atoms with Crippen LogP contribution in [0.15, 0.2) is 0 Å². The zero-order chi connectivity index (χ0) is 37.8. The first-order valence-corrected chi connectivity index (χ1v) is 19.9. The van der Waals surface area contributed by atoms with Crippen molar-refractivity contribution in [2.75, 3.05) is 46.3 Å². The van der Waals surface area contributed by atoms with Gasteiger partial charge in [-0.05, 0) is 71.0 Å².